The fourth-order valence-electron chi connectivity index (χ4n) is 3.11. The Labute approximate surface area is 149 Å². The number of halogens is 1. The Morgan fingerprint density at radius 2 is 2.12 bits per heavy atom. The maximum absolute atomic E-state index is 13.0. The molecule has 1 aliphatic heterocycles. The van der Waals surface area contributed by atoms with Crippen molar-refractivity contribution in [2.75, 3.05) is 29.9 Å². The Hall–Kier alpha value is -2.28. The lowest BCUT2D eigenvalue weighted by atomic mass is 10.1. The van der Waals surface area contributed by atoms with Crippen molar-refractivity contribution < 1.29 is 4.39 Å². The molecule has 2 aromatic heterocycles. The largest absolute Gasteiger partial charge is 0.368 e. The smallest absolute Gasteiger partial charge is 0.228 e. The summed E-state index contributed by atoms with van der Waals surface area (Å²) in [6.45, 7) is 4.97. The minimum Gasteiger partial charge on any atom is -0.368 e. The van der Waals surface area contributed by atoms with Crippen LogP contribution in [0.1, 0.15) is 18.9 Å². The molecule has 3 heterocycles. The highest BCUT2D eigenvalue weighted by atomic mass is 32.1. The molecule has 3 aromatic rings. The number of hydrogen-bond donors (Lipinski definition) is 1. The van der Waals surface area contributed by atoms with Gasteiger partial charge in [0, 0.05) is 19.6 Å². The van der Waals surface area contributed by atoms with Crippen molar-refractivity contribution >= 4 is 33.5 Å². The molecule has 0 spiro atoms. The van der Waals surface area contributed by atoms with Crippen LogP contribution in [0.2, 0.25) is 0 Å². The van der Waals surface area contributed by atoms with Gasteiger partial charge in [0.05, 0.1) is 5.51 Å². The van der Waals surface area contributed by atoms with E-state index in [1.54, 1.807) is 5.51 Å². The summed E-state index contributed by atoms with van der Waals surface area (Å²) in [5.74, 6) is 2.03. The summed E-state index contributed by atoms with van der Waals surface area (Å²) >= 11 is 1.54. The first-order valence-corrected chi connectivity index (χ1v) is 9.41. The lowest BCUT2D eigenvalue weighted by molar-refractivity contribution is 0.627. The van der Waals surface area contributed by atoms with Crippen molar-refractivity contribution in [1.29, 1.82) is 0 Å². The highest BCUT2D eigenvalue weighted by Gasteiger charge is 2.22. The third-order valence-corrected chi connectivity index (χ3v) is 5.23. The molecule has 1 aliphatic rings. The molecule has 7 heteroatoms. The number of benzene rings is 1. The van der Waals surface area contributed by atoms with Crippen molar-refractivity contribution in [2.24, 2.45) is 5.92 Å². The van der Waals surface area contributed by atoms with Crippen LogP contribution in [0.15, 0.2) is 29.8 Å². The van der Waals surface area contributed by atoms with Gasteiger partial charge in [0.2, 0.25) is 5.95 Å². The van der Waals surface area contributed by atoms with E-state index in [2.05, 4.69) is 27.1 Å². The summed E-state index contributed by atoms with van der Waals surface area (Å²) < 4.78 is 13.0. The summed E-state index contributed by atoms with van der Waals surface area (Å²) in [5, 5.41) is 3.38. The van der Waals surface area contributed by atoms with Crippen LogP contribution in [0.5, 0.6) is 0 Å². The van der Waals surface area contributed by atoms with Gasteiger partial charge in [-0.05, 0) is 36.5 Å². The predicted molar refractivity (Wildman–Crippen MR) is 99.8 cm³/mol. The van der Waals surface area contributed by atoms with E-state index >= 15 is 0 Å². The maximum Gasteiger partial charge on any atom is 0.228 e. The van der Waals surface area contributed by atoms with Gasteiger partial charge in [0.15, 0.2) is 10.6 Å². The molecule has 1 atom stereocenters. The van der Waals surface area contributed by atoms with Crippen LogP contribution in [0.3, 0.4) is 0 Å². The normalized spacial score (nSPS) is 17.4. The van der Waals surface area contributed by atoms with Gasteiger partial charge in [0.25, 0.3) is 0 Å². The second kappa shape index (κ2) is 6.92. The average molecular weight is 357 g/mol. The Balaban J connectivity index is 1.51. The number of anilines is 2. The van der Waals surface area contributed by atoms with E-state index in [-0.39, 0.29) is 5.82 Å². The summed E-state index contributed by atoms with van der Waals surface area (Å²) in [6.07, 6.45) is 1.98. The number of nitrogens with zero attached hydrogens (tertiary/aromatic N) is 4. The van der Waals surface area contributed by atoms with Gasteiger partial charge in [-0.15, -0.1) is 11.3 Å². The highest BCUT2D eigenvalue weighted by Crippen LogP contribution is 2.27. The van der Waals surface area contributed by atoms with Gasteiger partial charge >= 0.3 is 0 Å². The highest BCUT2D eigenvalue weighted by molar-refractivity contribution is 7.16. The van der Waals surface area contributed by atoms with Gasteiger partial charge in [0.1, 0.15) is 11.3 Å². The fourth-order valence-corrected chi connectivity index (χ4v) is 3.76. The van der Waals surface area contributed by atoms with Gasteiger partial charge < -0.3 is 10.2 Å². The Kier molecular flexibility index (Phi) is 4.48. The molecule has 1 saturated heterocycles. The summed E-state index contributed by atoms with van der Waals surface area (Å²) in [4.78, 5) is 17.0. The van der Waals surface area contributed by atoms with Gasteiger partial charge in [-0.2, -0.15) is 9.97 Å². The first kappa shape index (κ1) is 16.2. The molecular weight excluding hydrogens is 337 g/mol. The molecular formula is C18H20FN5S. The monoisotopic (exact) mass is 357 g/mol. The predicted octanol–water partition coefficient (Wildman–Crippen LogP) is 3.73. The summed E-state index contributed by atoms with van der Waals surface area (Å²) in [5.41, 5.74) is 3.71. The topological polar surface area (TPSA) is 53.9 Å². The molecule has 0 amide bonds. The number of aromatic nitrogens is 3. The molecule has 1 fully saturated rings. The Morgan fingerprint density at radius 3 is 2.88 bits per heavy atom. The van der Waals surface area contributed by atoms with Crippen molar-refractivity contribution in [1.82, 2.24) is 15.0 Å². The van der Waals surface area contributed by atoms with E-state index in [1.807, 2.05) is 12.1 Å². The third-order valence-electron chi connectivity index (χ3n) is 4.51. The van der Waals surface area contributed by atoms with Crippen LogP contribution in [0.25, 0.3) is 10.3 Å². The van der Waals surface area contributed by atoms with Crippen LogP contribution in [0, 0.1) is 11.7 Å². The molecule has 130 valence electrons. The van der Waals surface area contributed by atoms with Gasteiger partial charge in [-0.3, -0.25) is 0 Å². The van der Waals surface area contributed by atoms with Crippen molar-refractivity contribution in [3.05, 3.63) is 41.2 Å². The van der Waals surface area contributed by atoms with Crippen LogP contribution < -0.4 is 10.2 Å². The maximum atomic E-state index is 13.0. The van der Waals surface area contributed by atoms with Crippen LogP contribution in [0.4, 0.5) is 16.2 Å². The first-order valence-electron chi connectivity index (χ1n) is 8.53. The molecule has 4 rings (SSSR count). The molecule has 1 unspecified atom stereocenters. The van der Waals surface area contributed by atoms with Crippen LogP contribution in [-0.2, 0) is 6.42 Å². The van der Waals surface area contributed by atoms with E-state index in [0.29, 0.717) is 12.5 Å². The number of thiazole rings is 1. The minimum atomic E-state index is -0.207. The van der Waals surface area contributed by atoms with E-state index in [4.69, 9.17) is 4.98 Å². The second-order valence-electron chi connectivity index (χ2n) is 6.52. The number of nitrogens with one attached hydrogen (secondary N) is 1. The zero-order valence-corrected chi connectivity index (χ0v) is 14.9. The quantitative estimate of drug-likeness (QED) is 0.754. The average Bonchev–Trinajstić information content (AvgIpc) is 3.25. The van der Waals surface area contributed by atoms with Crippen LogP contribution >= 0.6 is 11.3 Å². The summed E-state index contributed by atoms with van der Waals surface area (Å²) in [6, 6.07) is 6.61. The van der Waals surface area contributed by atoms with E-state index in [9.17, 15) is 4.39 Å². The fraction of sp³-hybridized carbons (Fsp3) is 0.389. The van der Waals surface area contributed by atoms with E-state index < -0.39 is 0 Å². The Morgan fingerprint density at radius 1 is 1.28 bits per heavy atom. The Bertz CT molecular complexity index is 864. The molecule has 1 aromatic carbocycles. The van der Waals surface area contributed by atoms with E-state index in [1.165, 1.54) is 29.9 Å². The van der Waals surface area contributed by atoms with Crippen molar-refractivity contribution in [3.63, 3.8) is 0 Å². The number of fused-ring (bicyclic) bond motifs is 1. The second-order valence-corrected chi connectivity index (χ2v) is 7.35. The minimum absolute atomic E-state index is 0.207. The summed E-state index contributed by atoms with van der Waals surface area (Å²) in [7, 11) is 0. The molecule has 0 saturated carbocycles. The lowest BCUT2D eigenvalue weighted by Crippen LogP contribution is -2.22. The molecule has 5 nitrogen and oxygen atoms in total. The SMILES string of the molecule is CC1CCN(c2nc(NCCc3ccc(F)cc3)c3ncsc3n2)C1. The molecule has 1 N–H and O–H groups in total. The molecule has 0 bridgehead atoms. The standard InChI is InChI=1S/C18H20FN5S/c1-12-7-9-24(10-12)18-22-16(15-17(23-18)25-11-21-15)20-8-6-13-2-4-14(19)5-3-13/h2-5,11-12H,6-10H2,1H3,(H,20,22,23). The lowest BCUT2D eigenvalue weighted by Gasteiger charge is -2.17. The number of rotatable bonds is 5. The van der Waals surface area contributed by atoms with Crippen LogP contribution in [-0.4, -0.2) is 34.6 Å². The molecule has 0 radical (unpaired) electrons. The van der Waals surface area contributed by atoms with Crippen molar-refractivity contribution in [2.45, 2.75) is 19.8 Å². The first-order chi connectivity index (χ1) is 12.2. The number of hydrogen-bond acceptors (Lipinski definition) is 6. The molecule has 0 aliphatic carbocycles. The zero-order chi connectivity index (χ0) is 17.2. The van der Waals surface area contributed by atoms with E-state index in [0.717, 1.165) is 47.2 Å². The van der Waals surface area contributed by atoms with Gasteiger partial charge in [-0.1, -0.05) is 19.1 Å². The molecule has 25 heavy (non-hydrogen) atoms. The third kappa shape index (κ3) is 3.56. The van der Waals surface area contributed by atoms with Crippen molar-refractivity contribution in [3.8, 4) is 0 Å². The van der Waals surface area contributed by atoms with Gasteiger partial charge in [-0.25, -0.2) is 9.37 Å². The zero-order valence-electron chi connectivity index (χ0n) is 14.1.